The highest BCUT2D eigenvalue weighted by molar-refractivity contribution is 7.21. The van der Waals surface area contributed by atoms with Gasteiger partial charge >= 0.3 is 5.97 Å². The lowest BCUT2D eigenvalue weighted by molar-refractivity contribution is -0.132. The quantitative estimate of drug-likeness (QED) is 0.238. The van der Waals surface area contributed by atoms with E-state index in [1.165, 1.54) is 81.5 Å². The first-order valence-electron chi connectivity index (χ1n) is 16.1. The molecule has 2 aromatic heterocycles. The summed E-state index contributed by atoms with van der Waals surface area (Å²) in [5.41, 5.74) is 1.55. The third kappa shape index (κ3) is 5.59. The Hall–Kier alpha value is -2.14. The van der Waals surface area contributed by atoms with E-state index in [1.54, 1.807) is 11.3 Å². The third-order valence-corrected chi connectivity index (χ3v) is 14.0. The number of carbonyl (C=O) groups excluding carboxylic acids is 1. The van der Waals surface area contributed by atoms with Crippen LogP contribution in [0.5, 0.6) is 0 Å². The van der Waals surface area contributed by atoms with E-state index in [2.05, 4.69) is 15.1 Å². The topological polar surface area (TPSA) is 85.8 Å². The molecule has 0 radical (unpaired) electrons. The van der Waals surface area contributed by atoms with Crippen molar-refractivity contribution in [2.45, 2.75) is 57.5 Å². The fraction of sp³-hybridized carbons (Fsp3) is 0.500. The van der Waals surface area contributed by atoms with Crippen LogP contribution >= 0.6 is 57.5 Å². The number of likely N-dealkylation sites (tertiary alicyclic amines) is 1. The van der Waals surface area contributed by atoms with Crippen LogP contribution in [0.1, 0.15) is 61.4 Å². The van der Waals surface area contributed by atoms with Crippen LogP contribution in [0.2, 0.25) is 15.1 Å². The van der Waals surface area contributed by atoms with Crippen molar-refractivity contribution in [2.24, 2.45) is 29.6 Å². The number of nitrogens with zero attached hydrogens (tertiary/aromatic N) is 3. The minimum Gasteiger partial charge on any atom is -0.478 e. The Morgan fingerprint density at radius 1 is 1.00 bits per heavy atom. The molecule has 2 atom stereocenters. The van der Waals surface area contributed by atoms with Gasteiger partial charge in [0.15, 0.2) is 5.13 Å². The van der Waals surface area contributed by atoms with E-state index in [-0.39, 0.29) is 21.2 Å². The third-order valence-electron chi connectivity index (χ3n) is 11.1. The van der Waals surface area contributed by atoms with E-state index in [1.807, 2.05) is 11.4 Å². The van der Waals surface area contributed by atoms with Crippen molar-refractivity contribution in [2.75, 3.05) is 29.9 Å². The molecule has 0 spiro atoms. The first-order chi connectivity index (χ1) is 22.1. The van der Waals surface area contributed by atoms with Crippen LogP contribution in [0.4, 0.5) is 10.1 Å². The number of thiophene rings is 1. The molecule has 242 valence electrons. The number of fused-ring (bicyclic) bond motifs is 1. The number of carboxylic acids is 1. The molecule has 1 aromatic carbocycles. The lowest BCUT2D eigenvalue weighted by atomic mass is 9.54. The number of amides is 1. The second kappa shape index (κ2) is 12.1. The molecule has 2 saturated heterocycles. The molecular formula is C34H35Cl3N4O3S2. The van der Waals surface area contributed by atoms with Gasteiger partial charge in [-0.2, -0.15) is 0 Å². The van der Waals surface area contributed by atoms with Crippen LogP contribution in [0.25, 0.3) is 16.6 Å². The zero-order valence-electron chi connectivity index (χ0n) is 25.3. The first-order valence-corrected chi connectivity index (χ1v) is 18.9. The van der Waals surface area contributed by atoms with Crippen molar-refractivity contribution in [3.63, 3.8) is 0 Å². The number of anilines is 2. The number of carbonyl (C=O) groups is 2. The SMILES string of the molecule is C/C(=C\c1c(Cl)cc(C(=O)Nc2nc(-c3cc(Cl)cs3)c(N3C[C@H]4CCN(C5C6CC7CC(C6)CC5C7)[C@H]4C3)s2)cc1Cl)C(=O)O. The number of benzene rings is 1. The molecule has 0 unspecified atom stereocenters. The van der Waals surface area contributed by atoms with Crippen molar-refractivity contribution < 1.29 is 14.7 Å². The number of aliphatic carboxylic acids is 1. The van der Waals surface area contributed by atoms with Crippen molar-refractivity contribution in [3.8, 4) is 10.6 Å². The molecule has 46 heavy (non-hydrogen) atoms. The maximum Gasteiger partial charge on any atom is 0.331 e. The monoisotopic (exact) mass is 716 g/mol. The maximum absolute atomic E-state index is 13.4. The number of thiazole rings is 1. The fourth-order valence-corrected chi connectivity index (χ4v) is 12.2. The summed E-state index contributed by atoms with van der Waals surface area (Å²) in [6, 6.07) is 6.25. The zero-order chi connectivity index (χ0) is 31.9. The Balaban J connectivity index is 1.04. The number of hydrogen-bond acceptors (Lipinski definition) is 7. The first kappa shape index (κ1) is 31.1. The van der Waals surface area contributed by atoms with Gasteiger partial charge < -0.3 is 10.0 Å². The summed E-state index contributed by atoms with van der Waals surface area (Å²) in [5, 5.41) is 16.8. The van der Waals surface area contributed by atoms with E-state index in [0.29, 0.717) is 27.7 Å². The van der Waals surface area contributed by atoms with Gasteiger partial charge in [-0.25, -0.2) is 9.78 Å². The van der Waals surface area contributed by atoms with E-state index in [0.717, 1.165) is 58.4 Å². The van der Waals surface area contributed by atoms with Gasteiger partial charge in [-0.3, -0.25) is 15.0 Å². The van der Waals surface area contributed by atoms with Gasteiger partial charge in [0.2, 0.25) is 0 Å². The Bertz CT molecular complexity index is 1700. The van der Waals surface area contributed by atoms with Gasteiger partial charge in [-0.15, -0.1) is 11.3 Å². The average molecular weight is 718 g/mol. The molecule has 4 saturated carbocycles. The molecule has 7 nitrogen and oxygen atoms in total. The largest absolute Gasteiger partial charge is 0.478 e. The van der Waals surface area contributed by atoms with Crippen molar-refractivity contribution in [1.29, 1.82) is 0 Å². The van der Waals surface area contributed by atoms with Gasteiger partial charge in [-0.1, -0.05) is 46.1 Å². The van der Waals surface area contributed by atoms with Crippen LogP contribution in [-0.2, 0) is 4.79 Å². The number of hydrogen-bond donors (Lipinski definition) is 2. The highest BCUT2D eigenvalue weighted by Crippen LogP contribution is 2.57. The zero-order valence-corrected chi connectivity index (χ0v) is 29.2. The minimum absolute atomic E-state index is 0.0877. The lowest BCUT2D eigenvalue weighted by Gasteiger charge is -2.57. The normalized spacial score (nSPS) is 30.3. The molecule has 6 aliphatic rings. The number of rotatable bonds is 7. The van der Waals surface area contributed by atoms with Crippen LogP contribution < -0.4 is 10.2 Å². The standard InChI is InChI=1S/C34H35Cl3N4O3S2/c1-16(33(43)44)4-24-25(36)10-22(11-26(24)37)31(42)39-34-38-29(28-12-23(35)15-45-28)32(46-34)40-13-19-2-3-41(27(19)14-40)30-20-6-17-5-18(8-20)9-21(30)7-17/h4,10-12,15,17-21,27,30H,2-3,5-9,13-14H2,1H3,(H,43,44)(H,38,39,42)/b16-4+/t17?,18?,19-,20?,21?,27+,30?/m1/s1. The Morgan fingerprint density at radius 3 is 2.33 bits per heavy atom. The summed E-state index contributed by atoms with van der Waals surface area (Å²) in [4.78, 5) is 36.0. The number of aromatic nitrogens is 1. The molecule has 6 fully saturated rings. The van der Waals surface area contributed by atoms with Crippen LogP contribution in [0, 0.1) is 29.6 Å². The summed E-state index contributed by atoms with van der Waals surface area (Å²) < 4.78 is 0. The average Bonchev–Trinajstić information content (AvgIpc) is 3.79. The Labute approximate surface area is 291 Å². The maximum atomic E-state index is 13.4. The van der Waals surface area contributed by atoms with Gasteiger partial charge in [0.05, 0.1) is 19.9 Å². The Morgan fingerprint density at radius 2 is 1.70 bits per heavy atom. The lowest BCUT2D eigenvalue weighted by Crippen LogP contribution is -2.57. The van der Waals surface area contributed by atoms with Gasteiger partial charge in [-0.05, 0) is 106 Å². The minimum atomic E-state index is -1.07. The predicted molar refractivity (Wildman–Crippen MR) is 188 cm³/mol. The van der Waals surface area contributed by atoms with E-state index < -0.39 is 11.9 Å². The van der Waals surface area contributed by atoms with Gasteiger partial charge in [0.1, 0.15) is 10.7 Å². The number of nitrogens with one attached hydrogen (secondary N) is 1. The molecule has 4 bridgehead atoms. The summed E-state index contributed by atoms with van der Waals surface area (Å²) in [5.74, 6) is 2.89. The van der Waals surface area contributed by atoms with Crippen LogP contribution in [0.15, 0.2) is 29.2 Å². The van der Waals surface area contributed by atoms with E-state index >= 15 is 0 Å². The van der Waals surface area contributed by atoms with Gasteiger partial charge in [0.25, 0.3) is 5.91 Å². The second-order valence-corrected chi connectivity index (χ2v) is 17.1. The fourth-order valence-electron chi connectivity index (χ4n) is 9.45. The summed E-state index contributed by atoms with van der Waals surface area (Å²) in [6.45, 7) is 4.66. The Kier molecular flexibility index (Phi) is 8.18. The smallest absolute Gasteiger partial charge is 0.331 e. The molecular weight excluding hydrogens is 683 g/mol. The van der Waals surface area contributed by atoms with E-state index in [4.69, 9.17) is 39.8 Å². The number of halogens is 3. The highest BCUT2D eigenvalue weighted by Gasteiger charge is 2.54. The highest BCUT2D eigenvalue weighted by atomic mass is 35.5. The summed E-state index contributed by atoms with van der Waals surface area (Å²) in [7, 11) is 0. The van der Waals surface area contributed by atoms with Crippen molar-refractivity contribution in [1.82, 2.24) is 9.88 Å². The molecule has 2 aliphatic heterocycles. The molecule has 4 aliphatic carbocycles. The van der Waals surface area contributed by atoms with Crippen LogP contribution in [0.3, 0.4) is 0 Å². The number of carboxylic acid groups (broad SMARTS) is 1. The van der Waals surface area contributed by atoms with E-state index in [9.17, 15) is 14.7 Å². The molecule has 12 heteroatoms. The molecule has 2 N–H and O–H groups in total. The molecule has 3 aromatic rings. The summed E-state index contributed by atoms with van der Waals surface area (Å²) in [6.07, 6.45) is 9.88. The van der Waals surface area contributed by atoms with Gasteiger partial charge in [0, 0.05) is 47.3 Å². The molecule has 4 heterocycles. The second-order valence-electron chi connectivity index (χ2n) is 13.9. The van der Waals surface area contributed by atoms with Crippen LogP contribution in [-0.4, -0.2) is 58.6 Å². The molecule has 9 rings (SSSR count). The van der Waals surface area contributed by atoms with Crippen molar-refractivity contribution >= 4 is 85.6 Å². The summed E-state index contributed by atoms with van der Waals surface area (Å²) >= 11 is 22.3. The predicted octanol–water partition coefficient (Wildman–Crippen LogP) is 8.91. The van der Waals surface area contributed by atoms with Crippen molar-refractivity contribution in [3.05, 3.63) is 55.3 Å². The molecule has 1 amide bonds.